The van der Waals surface area contributed by atoms with Crippen molar-refractivity contribution in [1.29, 1.82) is 0 Å². The third-order valence-corrected chi connectivity index (χ3v) is 3.29. The van der Waals surface area contributed by atoms with Crippen molar-refractivity contribution in [3.63, 3.8) is 0 Å². The van der Waals surface area contributed by atoms with Gasteiger partial charge in [0.1, 0.15) is 11.6 Å². The minimum atomic E-state index is -0.956. The summed E-state index contributed by atoms with van der Waals surface area (Å²) in [6.45, 7) is 3.55. The largest absolute Gasteiger partial charge is 0.493 e. The fourth-order valence-electron chi connectivity index (χ4n) is 2.15. The van der Waals surface area contributed by atoms with E-state index in [0.29, 0.717) is 11.5 Å². The number of rotatable bonds is 5. The molecule has 0 bridgehead atoms. The third kappa shape index (κ3) is 3.34. The molecule has 0 radical (unpaired) electrons. The van der Waals surface area contributed by atoms with Crippen LogP contribution in [0.5, 0.6) is 17.2 Å². The first kappa shape index (κ1) is 15.3. The molecule has 0 saturated heterocycles. The summed E-state index contributed by atoms with van der Waals surface area (Å²) >= 11 is 0. The first-order valence-electron chi connectivity index (χ1n) is 6.88. The van der Waals surface area contributed by atoms with Crippen LogP contribution in [0.4, 0.5) is 4.39 Å². The van der Waals surface area contributed by atoms with Gasteiger partial charge in [0.05, 0.1) is 18.8 Å². The Hall–Kier alpha value is -2.07. The van der Waals surface area contributed by atoms with E-state index < -0.39 is 11.9 Å². The number of aliphatic hydroxyl groups is 1. The summed E-state index contributed by atoms with van der Waals surface area (Å²) in [6.07, 6.45) is -0.0719. The molecule has 0 saturated carbocycles. The van der Waals surface area contributed by atoms with E-state index >= 15 is 0 Å². The van der Waals surface area contributed by atoms with Gasteiger partial charge in [-0.3, -0.25) is 0 Å². The molecule has 2 rings (SSSR count). The number of hydrogen-bond donors (Lipinski definition) is 1. The van der Waals surface area contributed by atoms with E-state index in [0.717, 1.165) is 12.0 Å². The smallest absolute Gasteiger partial charge is 0.169 e. The summed E-state index contributed by atoms with van der Waals surface area (Å²) in [5.41, 5.74) is 1.26. The Kier molecular flexibility index (Phi) is 4.81. The van der Waals surface area contributed by atoms with Crippen LogP contribution in [0.1, 0.15) is 31.1 Å². The first-order valence-corrected chi connectivity index (χ1v) is 6.88. The van der Waals surface area contributed by atoms with E-state index in [2.05, 4.69) is 0 Å². The lowest BCUT2D eigenvalue weighted by atomic mass is 10.1. The van der Waals surface area contributed by atoms with Crippen LogP contribution in [0.15, 0.2) is 36.4 Å². The molecule has 3 nitrogen and oxygen atoms in total. The first-order chi connectivity index (χ1) is 10.1. The Labute approximate surface area is 124 Å². The Morgan fingerprint density at radius 2 is 1.90 bits per heavy atom. The van der Waals surface area contributed by atoms with Crippen LogP contribution >= 0.6 is 0 Å². The molecular formula is C17H19FO3. The molecule has 0 aromatic heterocycles. The predicted octanol–water partition coefficient (Wildman–Crippen LogP) is 4.24. The lowest BCUT2D eigenvalue weighted by Gasteiger charge is -2.16. The highest BCUT2D eigenvalue weighted by molar-refractivity contribution is 5.47. The van der Waals surface area contributed by atoms with Crippen molar-refractivity contribution in [2.75, 3.05) is 7.11 Å². The molecule has 1 N–H and O–H groups in total. The molecule has 0 spiro atoms. The van der Waals surface area contributed by atoms with Gasteiger partial charge in [0, 0.05) is 0 Å². The number of benzene rings is 2. The Bertz CT molecular complexity index is 623. The molecule has 0 fully saturated rings. The third-order valence-electron chi connectivity index (χ3n) is 3.29. The van der Waals surface area contributed by atoms with Gasteiger partial charge in [0.15, 0.2) is 11.5 Å². The van der Waals surface area contributed by atoms with E-state index in [1.165, 1.54) is 13.0 Å². The van der Waals surface area contributed by atoms with Gasteiger partial charge in [0.25, 0.3) is 0 Å². The molecule has 0 amide bonds. The monoisotopic (exact) mass is 290 g/mol. The lowest BCUT2D eigenvalue weighted by molar-refractivity contribution is 0.190. The zero-order valence-electron chi connectivity index (χ0n) is 12.4. The van der Waals surface area contributed by atoms with Crippen molar-refractivity contribution in [3.8, 4) is 17.2 Å². The molecule has 1 atom stereocenters. The van der Waals surface area contributed by atoms with Gasteiger partial charge < -0.3 is 14.6 Å². The SMILES string of the molecule is CCc1ccc(Oc2cccc(F)c2[C@@H](C)O)c(OC)c1. The van der Waals surface area contributed by atoms with E-state index in [4.69, 9.17) is 9.47 Å². The molecule has 21 heavy (non-hydrogen) atoms. The molecular weight excluding hydrogens is 271 g/mol. The average Bonchev–Trinajstić information content (AvgIpc) is 2.47. The second kappa shape index (κ2) is 6.59. The molecule has 4 heteroatoms. The van der Waals surface area contributed by atoms with Gasteiger partial charge in [-0.15, -0.1) is 0 Å². The lowest BCUT2D eigenvalue weighted by Crippen LogP contribution is -2.00. The zero-order valence-corrected chi connectivity index (χ0v) is 12.4. The maximum Gasteiger partial charge on any atom is 0.169 e. The van der Waals surface area contributed by atoms with E-state index in [9.17, 15) is 9.50 Å². The van der Waals surface area contributed by atoms with Crippen molar-refractivity contribution in [2.24, 2.45) is 0 Å². The number of halogens is 1. The van der Waals surface area contributed by atoms with Crippen LogP contribution < -0.4 is 9.47 Å². The number of aliphatic hydroxyl groups excluding tert-OH is 1. The minimum absolute atomic E-state index is 0.138. The maximum absolute atomic E-state index is 13.8. The average molecular weight is 290 g/mol. The van der Waals surface area contributed by atoms with Crippen LogP contribution in [0.25, 0.3) is 0 Å². The quantitative estimate of drug-likeness (QED) is 0.895. The predicted molar refractivity (Wildman–Crippen MR) is 79.5 cm³/mol. The van der Waals surface area contributed by atoms with Crippen molar-refractivity contribution in [1.82, 2.24) is 0 Å². The Morgan fingerprint density at radius 1 is 1.14 bits per heavy atom. The number of ether oxygens (including phenoxy) is 2. The van der Waals surface area contributed by atoms with Gasteiger partial charge in [-0.25, -0.2) is 4.39 Å². The number of hydrogen-bond acceptors (Lipinski definition) is 3. The highest BCUT2D eigenvalue weighted by Gasteiger charge is 2.16. The Morgan fingerprint density at radius 3 is 2.52 bits per heavy atom. The molecule has 0 aliphatic carbocycles. The molecule has 0 unspecified atom stereocenters. The second-order valence-electron chi connectivity index (χ2n) is 4.77. The summed E-state index contributed by atoms with van der Waals surface area (Å²) in [7, 11) is 1.56. The summed E-state index contributed by atoms with van der Waals surface area (Å²) in [4.78, 5) is 0. The normalized spacial score (nSPS) is 12.0. The fourth-order valence-corrected chi connectivity index (χ4v) is 2.15. The number of aryl methyl sites for hydroxylation is 1. The van der Waals surface area contributed by atoms with Gasteiger partial charge in [0.2, 0.25) is 0 Å². The molecule has 0 aliphatic heterocycles. The van der Waals surface area contributed by atoms with Crippen LogP contribution in [0.3, 0.4) is 0 Å². The van der Waals surface area contributed by atoms with Gasteiger partial charge in [-0.2, -0.15) is 0 Å². The molecule has 112 valence electrons. The van der Waals surface area contributed by atoms with E-state index in [1.807, 2.05) is 19.1 Å². The molecule has 2 aromatic rings. The standard InChI is InChI=1S/C17H19FO3/c1-4-12-8-9-14(16(10-12)20-3)21-15-7-5-6-13(18)17(15)11(2)19/h5-11,19H,4H2,1-3H3/t11-/m1/s1. The summed E-state index contributed by atoms with van der Waals surface area (Å²) in [5.74, 6) is 0.858. The van der Waals surface area contributed by atoms with Crippen molar-refractivity contribution < 1.29 is 19.0 Å². The fraction of sp³-hybridized carbons (Fsp3) is 0.294. The van der Waals surface area contributed by atoms with Crippen LogP contribution in [0, 0.1) is 5.82 Å². The molecule has 0 aliphatic rings. The highest BCUT2D eigenvalue weighted by atomic mass is 19.1. The Balaban J connectivity index is 2.41. The van der Waals surface area contributed by atoms with Gasteiger partial charge in [-0.05, 0) is 43.2 Å². The minimum Gasteiger partial charge on any atom is -0.493 e. The van der Waals surface area contributed by atoms with Crippen molar-refractivity contribution >= 4 is 0 Å². The summed E-state index contributed by atoms with van der Waals surface area (Å²) in [6, 6.07) is 10.1. The van der Waals surface area contributed by atoms with Crippen molar-refractivity contribution in [3.05, 3.63) is 53.3 Å². The van der Waals surface area contributed by atoms with Crippen LogP contribution in [-0.2, 0) is 6.42 Å². The summed E-state index contributed by atoms with van der Waals surface area (Å²) < 4.78 is 24.9. The molecule has 0 heterocycles. The number of methoxy groups -OCH3 is 1. The van der Waals surface area contributed by atoms with Gasteiger partial charge >= 0.3 is 0 Å². The van der Waals surface area contributed by atoms with E-state index in [1.54, 1.807) is 25.3 Å². The van der Waals surface area contributed by atoms with Crippen molar-refractivity contribution in [2.45, 2.75) is 26.4 Å². The van der Waals surface area contributed by atoms with Gasteiger partial charge in [-0.1, -0.05) is 19.1 Å². The molecule has 2 aromatic carbocycles. The maximum atomic E-state index is 13.8. The zero-order chi connectivity index (χ0) is 15.4. The van der Waals surface area contributed by atoms with Crippen LogP contribution in [0.2, 0.25) is 0 Å². The summed E-state index contributed by atoms with van der Waals surface area (Å²) in [5, 5.41) is 9.72. The second-order valence-corrected chi connectivity index (χ2v) is 4.77. The van der Waals surface area contributed by atoms with Crippen LogP contribution in [-0.4, -0.2) is 12.2 Å². The van der Waals surface area contributed by atoms with E-state index in [-0.39, 0.29) is 11.3 Å². The topological polar surface area (TPSA) is 38.7 Å². The highest BCUT2D eigenvalue weighted by Crippen LogP contribution is 2.36.